The Labute approximate surface area is 410 Å². The maximum absolute atomic E-state index is 13.2. The van der Waals surface area contributed by atoms with Crippen LogP contribution in [-0.2, 0) is 23.7 Å². The van der Waals surface area contributed by atoms with E-state index in [2.05, 4.69) is 67.8 Å². The molecule has 0 aromatic rings. The van der Waals surface area contributed by atoms with Gasteiger partial charge < -0.3 is 65.1 Å². The number of unbranched alkanes of at least 4 members (excludes halogenated alkanes) is 20. The minimum Gasteiger partial charge on any atom is -0.394 e. The van der Waals surface area contributed by atoms with Gasteiger partial charge in [-0.3, -0.25) is 4.79 Å². The van der Waals surface area contributed by atoms with Crippen LogP contribution in [0.5, 0.6) is 0 Å². The molecule has 12 unspecified atom stereocenters. The fraction of sp³-hybridized carbons (Fsp3) is 0.833. The summed E-state index contributed by atoms with van der Waals surface area (Å²) in [5, 5.41) is 87.0. The van der Waals surface area contributed by atoms with E-state index in [1.165, 1.54) is 96.3 Å². The largest absolute Gasteiger partial charge is 0.394 e. The highest BCUT2D eigenvalue weighted by Gasteiger charge is 2.51. The Kier molecular flexibility index (Phi) is 37.0. The van der Waals surface area contributed by atoms with Crippen molar-refractivity contribution in [3.05, 3.63) is 48.6 Å². The lowest BCUT2D eigenvalue weighted by atomic mass is 9.97. The second-order valence-electron chi connectivity index (χ2n) is 19.0. The van der Waals surface area contributed by atoms with E-state index in [-0.39, 0.29) is 18.9 Å². The summed E-state index contributed by atoms with van der Waals surface area (Å²) in [6, 6.07) is -0.851. The highest BCUT2D eigenvalue weighted by molar-refractivity contribution is 5.76. The van der Waals surface area contributed by atoms with Crippen molar-refractivity contribution in [2.75, 3.05) is 19.8 Å². The first-order valence-corrected chi connectivity index (χ1v) is 26.9. The van der Waals surface area contributed by atoms with Crippen LogP contribution >= 0.6 is 0 Å². The monoisotopic (exact) mass is 968 g/mol. The zero-order chi connectivity index (χ0) is 49.6. The van der Waals surface area contributed by atoms with Crippen LogP contribution in [0.3, 0.4) is 0 Å². The van der Waals surface area contributed by atoms with Gasteiger partial charge >= 0.3 is 0 Å². The van der Waals surface area contributed by atoms with Crippen molar-refractivity contribution in [2.45, 2.75) is 267 Å². The number of nitrogens with one attached hydrogen (secondary N) is 1. The van der Waals surface area contributed by atoms with Crippen molar-refractivity contribution < 1.29 is 64.6 Å². The van der Waals surface area contributed by atoms with Crippen molar-refractivity contribution in [2.24, 2.45) is 0 Å². The van der Waals surface area contributed by atoms with Gasteiger partial charge in [0.05, 0.1) is 32.0 Å². The van der Waals surface area contributed by atoms with E-state index in [1.807, 2.05) is 0 Å². The Hall–Kier alpha value is -2.05. The molecule has 2 rings (SSSR count). The van der Waals surface area contributed by atoms with Gasteiger partial charge in [-0.25, -0.2) is 0 Å². The molecule has 14 heteroatoms. The van der Waals surface area contributed by atoms with Crippen molar-refractivity contribution >= 4 is 5.91 Å². The van der Waals surface area contributed by atoms with Crippen LogP contribution < -0.4 is 5.32 Å². The number of aliphatic hydroxyl groups excluding tert-OH is 8. The van der Waals surface area contributed by atoms with E-state index in [0.717, 1.165) is 64.2 Å². The minimum atomic E-state index is -1.79. The molecule has 2 aliphatic rings. The second kappa shape index (κ2) is 40.5. The maximum atomic E-state index is 13.2. The van der Waals surface area contributed by atoms with Crippen molar-refractivity contribution in [3.8, 4) is 0 Å². The van der Waals surface area contributed by atoms with Gasteiger partial charge in [0.2, 0.25) is 5.91 Å². The Morgan fingerprint density at radius 3 is 1.53 bits per heavy atom. The Balaban J connectivity index is 1.82. The van der Waals surface area contributed by atoms with Gasteiger partial charge in [0.1, 0.15) is 48.8 Å². The van der Waals surface area contributed by atoms with Gasteiger partial charge in [-0.1, -0.05) is 184 Å². The van der Waals surface area contributed by atoms with Gasteiger partial charge in [0, 0.05) is 6.42 Å². The fourth-order valence-electron chi connectivity index (χ4n) is 8.70. The van der Waals surface area contributed by atoms with Crippen molar-refractivity contribution in [1.29, 1.82) is 0 Å². The standard InChI is InChI=1S/C54H97NO13/c1-3-5-7-9-11-13-15-17-19-20-21-22-24-25-27-29-31-33-35-37-43(58)42(55-46(59)38-36-34-32-30-28-26-23-18-16-14-12-10-8-6-4-2)41-65-53-51(64)49(62)52(45(40-57)67-53)68-54-50(63)48(61)47(60)44(39-56)66-54/h6,8,12,14,18,23,28,30,42-45,47-54,56-58,60-64H,3-5,7,9-11,13,15-17,19-22,24-27,29,31-41H2,1-2H3,(H,55,59)/b8-6-,14-12-,23-18-,30-28-. The second-order valence-corrected chi connectivity index (χ2v) is 19.0. The number of hydrogen-bond donors (Lipinski definition) is 9. The smallest absolute Gasteiger partial charge is 0.220 e. The molecule has 0 radical (unpaired) electrons. The lowest BCUT2D eigenvalue weighted by Crippen LogP contribution is -2.65. The number of amides is 1. The zero-order valence-electron chi connectivity index (χ0n) is 42.1. The van der Waals surface area contributed by atoms with Gasteiger partial charge in [0.25, 0.3) is 0 Å². The maximum Gasteiger partial charge on any atom is 0.220 e. The van der Waals surface area contributed by atoms with Crippen LogP contribution in [0.15, 0.2) is 48.6 Å². The summed E-state index contributed by atoms with van der Waals surface area (Å²) in [5.74, 6) is -0.248. The molecule has 2 fully saturated rings. The van der Waals surface area contributed by atoms with E-state index in [9.17, 15) is 45.6 Å². The lowest BCUT2D eigenvalue weighted by Gasteiger charge is -2.46. The van der Waals surface area contributed by atoms with Crippen LogP contribution in [0.2, 0.25) is 0 Å². The molecule has 2 saturated heterocycles. The predicted molar refractivity (Wildman–Crippen MR) is 267 cm³/mol. The summed E-state index contributed by atoms with van der Waals surface area (Å²) in [6.45, 7) is 2.71. The number of carbonyl (C=O) groups excluding carboxylic acids is 1. The van der Waals surface area contributed by atoms with Crippen molar-refractivity contribution in [1.82, 2.24) is 5.32 Å². The molecule has 0 aliphatic carbocycles. The Bertz CT molecular complexity index is 1330. The van der Waals surface area contributed by atoms with Gasteiger partial charge in [-0.05, 0) is 51.4 Å². The number of carbonyl (C=O) groups is 1. The van der Waals surface area contributed by atoms with E-state index in [1.54, 1.807) is 0 Å². The highest BCUT2D eigenvalue weighted by Crippen LogP contribution is 2.30. The Morgan fingerprint density at radius 2 is 1.01 bits per heavy atom. The topological polar surface area (TPSA) is 228 Å². The molecule has 1 amide bonds. The molecule has 14 nitrogen and oxygen atoms in total. The summed E-state index contributed by atoms with van der Waals surface area (Å²) in [6.07, 6.45) is 31.1. The quantitative estimate of drug-likeness (QED) is 0.0212. The molecule has 9 N–H and O–H groups in total. The molecule has 2 heterocycles. The van der Waals surface area contributed by atoms with E-state index < -0.39 is 86.8 Å². The van der Waals surface area contributed by atoms with E-state index in [4.69, 9.17) is 18.9 Å². The predicted octanol–water partition coefficient (Wildman–Crippen LogP) is 7.66. The number of hydrogen-bond acceptors (Lipinski definition) is 13. The van der Waals surface area contributed by atoms with Crippen LogP contribution in [0.1, 0.15) is 194 Å². The number of allylic oxidation sites excluding steroid dienone is 8. The van der Waals surface area contributed by atoms with Crippen LogP contribution in [0.4, 0.5) is 0 Å². The number of rotatable bonds is 41. The molecular formula is C54H97NO13. The molecule has 2 aliphatic heterocycles. The lowest BCUT2D eigenvalue weighted by molar-refractivity contribution is -0.359. The van der Waals surface area contributed by atoms with Gasteiger partial charge in [-0.2, -0.15) is 0 Å². The highest BCUT2D eigenvalue weighted by atomic mass is 16.7. The zero-order valence-corrected chi connectivity index (χ0v) is 42.1. The third kappa shape index (κ3) is 27.0. The molecular weight excluding hydrogens is 871 g/mol. The van der Waals surface area contributed by atoms with Gasteiger partial charge in [0.15, 0.2) is 12.6 Å². The summed E-state index contributed by atoms with van der Waals surface area (Å²) >= 11 is 0. The molecule has 396 valence electrons. The summed E-state index contributed by atoms with van der Waals surface area (Å²) in [5.41, 5.74) is 0. The summed E-state index contributed by atoms with van der Waals surface area (Å²) in [4.78, 5) is 13.2. The first-order chi connectivity index (χ1) is 33.1. The first-order valence-electron chi connectivity index (χ1n) is 26.9. The number of ether oxygens (including phenoxy) is 4. The van der Waals surface area contributed by atoms with E-state index >= 15 is 0 Å². The molecule has 0 spiro atoms. The van der Waals surface area contributed by atoms with Crippen LogP contribution in [-0.4, -0.2) is 140 Å². The molecule has 0 aromatic carbocycles. The molecule has 0 aromatic heterocycles. The normalized spacial score (nSPS) is 26.7. The minimum absolute atomic E-state index is 0.248. The summed E-state index contributed by atoms with van der Waals surface area (Å²) < 4.78 is 22.8. The summed E-state index contributed by atoms with van der Waals surface area (Å²) in [7, 11) is 0. The average Bonchev–Trinajstić information content (AvgIpc) is 3.34. The van der Waals surface area contributed by atoms with Crippen LogP contribution in [0, 0.1) is 0 Å². The third-order valence-corrected chi connectivity index (χ3v) is 13.1. The fourth-order valence-corrected chi connectivity index (χ4v) is 8.70. The first kappa shape index (κ1) is 62.1. The Morgan fingerprint density at radius 1 is 0.544 bits per heavy atom. The van der Waals surface area contributed by atoms with Crippen molar-refractivity contribution in [3.63, 3.8) is 0 Å². The number of aliphatic hydroxyl groups is 8. The van der Waals surface area contributed by atoms with E-state index in [0.29, 0.717) is 12.8 Å². The SMILES string of the molecule is CC/C=C\C/C=C\C/C=C\C/C=C\CCCCC(=O)NC(COC1OC(CO)C(OC2OC(CO)C(O)C(O)C2O)C(O)C1O)C(O)CCCCCCCCCCCCCCCCCCCCC. The van der Waals surface area contributed by atoms with Crippen LogP contribution in [0.25, 0.3) is 0 Å². The molecule has 12 atom stereocenters. The molecule has 68 heavy (non-hydrogen) atoms. The molecule has 0 saturated carbocycles. The molecule has 0 bridgehead atoms. The average molecular weight is 968 g/mol. The van der Waals surface area contributed by atoms with Gasteiger partial charge in [-0.15, -0.1) is 0 Å². The third-order valence-electron chi connectivity index (χ3n) is 13.1.